The molecular formula is C10H7N3OS. The standard InChI is InChI=1S/C10H7N3OS/c11-10-7(4-13-14-10)6-1-2-9-8(3-6)12-5-15-9/h1-5H,11H2. The Kier molecular flexibility index (Phi) is 1.72. The SMILES string of the molecule is Nc1oncc1-c1ccc2scnc2c1. The van der Waals surface area contributed by atoms with Crippen molar-refractivity contribution in [3.05, 3.63) is 29.9 Å². The van der Waals surface area contributed by atoms with Crippen molar-refractivity contribution in [3.63, 3.8) is 0 Å². The van der Waals surface area contributed by atoms with Crippen LogP contribution in [0.3, 0.4) is 0 Å². The molecule has 0 amide bonds. The summed E-state index contributed by atoms with van der Waals surface area (Å²) in [6.07, 6.45) is 1.61. The molecule has 0 radical (unpaired) electrons. The fourth-order valence-corrected chi connectivity index (χ4v) is 2.15. The van der Waals surface area contributed by atoms with E-state index in [4.69, 9.17) is 10.3 Å². The second kappa shape index (κ2) is 3.06. The lowest BCUT2D eigenvalue weighted by molar-refractivity contribution is 0.436. The third-order valence-corrected chi connectivity index (χ3v) is 3.05. The predicted molar refractivity (Wildman–Crippen MR) is 59.5 cm³/mol. The fraction of sp³-hybridized carbons (Fsp3) is 0. The minimum absolute atomic E-state index is 0.338. The van der Waals surface area contributed by atoms with Gasteiger partial charge in [-0.3, -0.25) is 0 Å². The van der Waals surface area contributed by atoms with Crippen molar-refractivity contribution in [2.45, 2.75) is 0 Å². The molecule has 0 aliphatic carbocycles. The third kappa shape index (κ3) is 1.28. The third-order valence-electron chi connectivity index (χ3n) is 2.24. The van der Waals surface area contributed by atoms with E-state index in [2.05, 4.69) is 10.1 Å². The molecule has 3 aromatic rings. The zero-order valence-electron chi connectivity index (χ0n) is 7.68. The van der Waals surface area contributed by atoms with Crippen molar-refractivity contribution < 1.29 is 4.52 Å². The number of fused-ring (bicyclic) bond motifs is 1. The van der Waals surface area contributed by atoms with Gasteiger partial charge in [0, 0.05) is 0 Å². The van der Waals surface area contributed by atoms with Gasteiger partial charge in [-0.1, -0.05) is 11.2 Å². The first-order valence-electron chi connectivity index (χ1n) is 4.38. The van der Waals surface area contributed by atoms with Crippen LogP contribution in [-0.2, 0) is 0 Å². The molecule has 0 saturated carbocycles. The van der Waals surface area contributed by atoms with Gasteiger partial charge in [0.1, 0.15) is 0 Å². The largest absolute Gasteiger partial charge is 0.367 e. The maximum Gasteiger partial charge on any atom is 0.229 e. The van der Waals surface area contributed by atoms with E-state index in [1.54, 1.807) is 17.5 Å². The van der Waals surface area contributed by atoms with E-state index in [0.29, 0.717) is 5.88 Å². The van der Waals surface area contributed by atoms with Crippen molar-refractivity contribution in [1.29, 1.82) is 0 Å². The normalized spacial score (nSPS) is 10.9. The second-order valence-corrected chi connectivity index (χ2v) is 4.02. The topological polar surface area (TPSA) is 64.9 Å². The Hall–Kier alpha value is -1.88. The first-order chi connectivity index (χ1) is 7.34. The zero-order chi connectivity index (χ0) is 10.3. The van der Waals surface area contributed by atoms with E-state index in [1.165, 1.54) is 0 Å². The Balaban J connectivity index is 2.23. The Labute approximate surface area is 89.3 Å². The van der Waals surface area contributed by atoms with E-state index in [9.17, 15) is 0 Å². The molecule has 0 fully saturated rings. The molecule has 4 nitrogen and oxygen atoms in total. The Morgan fingerprint density at radius 3 is 3.07 bits per heavy atom. The Bertz CT molecular complexity index is 614. The molecule has 0 aliphatic heterocycles. The molecular weight excluding hydrogens is 210 g/mol. The minimum atomic E-state index is 0.338. The highest BCUT2D eigenvalue weighted by molar-refractivity contribution is 7.16. The molecule has 0 spiro atoms. The van der Waals surface area contributed by atoms with Crippen LogP contribution in [0.5, 0.6) is 0 Å². The summed E-state index contributed by atoms with van der Waals surface area (Å²) in [6, 6.07) is 5.99. The number of benzene rings is 1. The van der Waals surface area contributed by atoms with E-state index in [-0.39, 0.29) is 0 Å². The van der Waals surface area contributed by atoms with E-state index >= 15 is 0 Å². The van der Waals surface area contributed by atoms with Gasteiger partial charge in [-0.2, -0.15) is 0 Å². The summed E-state index contributed by atoms with van der Waals surface area (Å²) in [6.45, 7) is 0. The fourth-order valence-electron chi connectivity index (χ4n) is 1.49. The lowest BCUT2D eigenvalue weighted by atomic mass is 10.1. The number of anilines is 1. The predicted octanol–water partition coefficient (Wildman–Crippen LogP) is 2.53. The lowest BCUT2D eigenvalue weighted by Gasteiger charge is -1.96. The summed E-state index contributed by atoms with van der Waals surface area (Å²) >= 11 is 1.62. The molecule has 0 atom stereocenters. The average molecular weight is 217 g/mol. The molecule has 74 valence electrons. The van der Waals surface area contributed by atoms with Crippen molar-refractivity contribution in [1.82, 2.24) is 10.1 Å². The molecule has 15 heavy (non-hydrogen) atoms. The van der Waals surface area contributed by atoms with Gasteiger partial charge in [0.15, 0.2) is 0 Å². The van der Waals surface area contributed by atoms with Gasteiger partial charge >= 0.3 is 0 Å². The summed E-state index contributed by atoms with van der Waals surface area (Å²) < 4.78 is 5.98. The van der Waals surface area contributed by atoms with E-state index in [1.807, 2.05) is 23.7 Å². The maximum absolute atomic E-state index is 5.64. The Morgan fingerprint density at radius 2 is 2.27 bits per heavy atom. The van der Waals surface area contributed by atoms with Gasteiger partial charge in [0.25, 0.3) is 0 Å². The number of hydrogen-bond donors (Lipinski definition) is 1. The molecule has 0 saturated heterocycles. The number of hydrogen-bond acceptors (Lipinski definition) is 5. The Morgan fingerprint density at radius 1 is 1.33 bits per heavy atom. The number of nitrogens with two attached hydrogens (primary N) is 1. The number of rotatable bonds is 1. The van der Waals surface area contributed by atoms with Gasteiger partial charge in [-0.25, -0.2) is 4.98 Å². The molecule has 0 aliphatic rings. The second-order valence-electron chi connectivity index (χ2n) is 3.14. The molecule has 0 unspecified atom stereocenters. The molecule has 3 rings (SSSR count). The van der Waals surface area contributed by atoms with Gasteiger partial charge in [0.05, 0.1) is 27.5 Å². The lowest BCUT2D eigenvalue weighted by Crippen LogP contribution is -1.84. The van der Waals surface area contributed by atoms with Crippen LogP contribution in [-0.4, -0.2) is 10.1 Å². The molecule has 2 aromatic heterocycles. The van der Waals surface area contributed by atoms with Gasteiger partial charge < -0.3 is 10.3 Å². The van der Waals surface area contributed by atoms with Gasteiger partial charge in [-0.15, -0.1) is 11.3 Å². The van der Waals surface area contributed by atoms with Crippen LogP contribution in [0, 0.1) is 0 Å². The molecule has 0 bridgehead atoms. The highest BCUT2D eigenvalue weighted by Crippen LogP contribution is 2.29. The van der Waals surface area contributed by atoms with Crippen molar-refractivity contribution in [2.75, 3.05) is 5.73 Å². The molecule has 2 heterocycles. The van der Waals surface area contributed by atoms with E-state index < -0.39 is 0 Å². The molecule has 2 N–H and O–H groups in total. The first kappa shape index (κ1) is 8.43. The minimum Gasteiger partial charge on any atom is -0.367 e. The molecule has 1 aromatic carbocycles. The van der Waals surface area contributed by atoms with Crippen molar-refractivity contribution >= 4 is 27.4 Å². The van der Waals surface area contributed by atoms with Crippen molar-refractivity contribution in [2.24, 2.45) is 0 Å². The van der Waals surface area contributed by atoms with Crippen LogP contribution in [0.4, 0.5) is 5.88 Å². The van der Waals surface area contributed by atoms with Crippen LogP contribution in [0.25, 0.3) is 21.3 Å². The van der Waals surface area contributed by atoms with E-state index in [0.717, 1.165) is 21.3 Å². The van der Waals surface area contributed by atoms with Crippen LogP contribution < -0.4 is 5.73 Å². The van der Waals surface area contributed by atoms with Crippen LogP contribution in [0.2, 0.25) is 0 Å². The molecule has 5 heteroatoms. The highest BCUT2D eigenvalue weighted by atomic mass is 32.1. The summed E-state index contributed by atoms with van der Waals surface area (Å²) in [4.78, 5) is 4.25. The monoisotopic (exact) mass is 217 g/mol. The first-order valence-corrected chi connectivity index (χ1v) is 5.26. The van der Waals surface area contributed by atoms with Gasteiger partial charge in [-0.05, 0) is 17.7 Å². The summed E-state index contributed by atoms with van der Waals surface area (Å²) in [5.74, 6) is 0.338. The highest BCUT2D eigenvalue weighted by Gasteiger charge is 2.07. The zero-order valence-corrected chi connectivity index (χ0v) is 8.49. The number of aromatic nitrogens is 2. The summed E-state index contributed by atoms with van der Waals surface area (Å²) in [5, 5.41) is 3.65. The van der Waals surface area contributed by atoms with Crippen LogP contribution in [0.15, 0.2) is 34.4 Å². The van der Waals surface area contributed by atoms with Crippen molar-refractivity contribution in [3.8, 4) is 11.1 Å². The quantitative estimate of drug-likeness (QED) is 0.680. The average Bonchev–Trinajstić information content (AvgIpc) is 2.84. The summed E-state index contributed by atoms with van der Waals surface area (Å²) in [5.41, 5.74) is 10.2. The van der Waals surface area contributed by atoms with Crippen LogP contribution in [0.1, 0.15) is 0 Å². The number of nitrogen functional groups attached to an aromatic ring is 1. The van der Waals surface area contributed by atoms with Gasteiger partial charge in [0.2, 0.25) is 5.88 Å². The summed E-state index contributed by atoms with van der Waals surface area (Å²) in [7, 11) is 0. The smallest absolute Gasteiger partial charge is 0.229 e. The maximum atomic E-state index is 5.64. The van der Waals surface area contributed by atoms with Crippen LogP contribution >= 0.6 is 11.3 Å². The number of thiazole rings is 1. The number of nitrogens with zero attached hydrogens (tertiary/aromatic N) is 2.